The van der Waals surface area contributed by atoms with Crippen LogP contribution in [0.3, 0.4) is 0 Å². The smallest absolute Gasteiger partial charge is 0.319 e. The summed E-state index contributed by atoms with van der Waals surface area (Å²) in [6.45, 7) is 1.77. The highest BCUT2D eigenvalue weighted by Crippen LogP contribution is 2.37. The molecule has 0 radical (unpaired) electrons. The first-order valence-corrected chi connectivity index (χ1v) is 13.0. The van der Waals surface area contributed by atoms with Crippen molar-refractivity contribution in [1.82, 2.24) is 10.3 Å². The lowest BCUT2D eigenvalue weighted by molar-refractivity contribution is -0.0910. The Morgan fingerprint density at radius 3 is 2.50 bits per heavy atom. The zero-order chi connectivity index (χ0) is 27.2. The van der Waals surface area contributed by atoms with Gasteiger partial charge in [-0.05, 0) is 47.9 Å². The fourth-order valence-corrected chi connectivity index (χ4v) is 5.39. The molecule has 1 aliphatic rings. The molecule has 0 saturated carbocycles. The summed E-state index contributed by atoms with van der Waals surface area (Å²) >= 11 is 1.02. The summed E-state index contributed by atoms with van der Waals surface area (Å²) in [4.78, 5) is 16.3. The molecule has 2 heterocycles. The van der Waals surface area contributed by atoms with Gasteiger partial charge in [-0.3, -0.25) is 4.98 Å². The largest absolute Gasteiger partial charge is 0.508 e. The molecular formula is C27H31N3O7S. The number of pyridine rings is 1. The van der Waals surface area contributed by atoms with Crippen LogP contribution in [-0.4, -0.2) is 72.2 Å². The Hall–Kier alpha value is -3.35. The average Bonchev–Trinajstić information content (AvgIpc) is 2.91. The standard InChI is InChI=1S/C27H31N3O7S/c1-15-9-19(32)11-21(37-26-25(35)24(34)23(33)22(14-31)38-26)20(15)10-16-4-6-18(7-5-16)30-27(36)29-13-17-3-2-8-28-12-17/h2-9,11-12,22-26,31-35H,10,13-14H2,1H3,(H2,29,30,36)/t22-,23-,24+,25-,26-/m1/s1. The van der Waals surface area contributed by atoms with E-state index >= 15 is 0 Å². The van der Waals surface area contributed by atoms with Crippen LogP contribution in [0.1, 0.15) is 22.3 Å². The number of nitrogens with zero attached hydrogens (tertiary/aromatic N) is 1. The molecule has 1 aliphatic heterocycles. The number of phenols is 1. The third-order valence-corrected chi connectivity index (χ3v) is 7.70. The number of benzene rings is 2. The van der Waals surface area contributed by atoms with Crippen LogP contribution < -0.4 is 15.4 Å². The molecule has 2 amide bonds. The number of urea groups is 1. The minimum Gasteiger partial charge on any atom is -0.508 e. The number of amides is 2. The second-order valence-corrected chi connectivity index (χ2v) is 10.4. The Kier molecular flexibility index (Phi) is 9.08. The van der Waals surface area contributed by atoms with Gasteiger partial charge in [0.05, 0.1) is 18.0 Å². The number of aromatic nitrogens is 1. The van der Waals surface area contributed by atoms with Gasteiger partial charge in [-0.25, -0.2) is 4.79 Å². The molecule has 7 N–H and O–H groups in total. The molecule has 0 unspecified atom stereocenters. The Morgan fingerprint density at radius 2 is 1.82 bits per heavy atom. The molecule has 38 heavy (non-hydrogen) atoms. The minimum atomic E-state index is -1.48. The maximum atomic E-state index is 12.2. The van der Waals surface area contributed by atoms with Crippen LogP contribution in [0.5, 0.6) is 11.5 Å². The molecule has 0 aliphatic carbocycles. The fraction of sp³-hybridized carbons (Fsp3) is 0.333. The normalized spacial score (nSPS) is 23.0. The Labute approximate surface area is 224 Å². The number of hydrogen-bond donors (Lipinski definition) is 7. The number of carbonyl (C=O) groups is 1. The number of phenolic OH excluding ortho intramolecular Hbond substituents is 1. The van der Waals surface area contributed by atoms with Gasteiger partial charge in [-0.1, -0.05) is 18.2 Å². The lowest BCUT2D eigenvalue weighted by Crippen LogP contribution is -2.55. The monoisotopic (exact) mass is 541 g/mol. The van der Waals surface area contributed by atoms with Crippen molar-refractivity contribution < 1.29 is 35.1 Å². The van der Waals surface area contributed by atoms with Crippen LogP contribution in [0.25, 0.3) is 0 Å². The SMILES string of the molecule is Cc1cc(O)cc(O[C@@H]2S[C@H](CO)[C@@H](O)[C@H](O)[C@H]2O)c1Cc1ccc(NC(=O)NCc2cccnc2)cc1. The van der Waals surface area contributed by atoms with Gasteiger partial charge < -0.3 is 40.9 Å². The molecule has 0 bridgehead atoms. The van der Waals surface area contributed by atoms with E-state index in [9.17, 15) is 30.3 Å². The number of aliphatic hydroxyl groups is 4. The van der Waals surface area contributed by atoms with E-state index in [-0.39, 0.29) is 11.8 Å². The molecule has 202 valence electrons. The molecule has 4 rings (SSSR count). The van der Waals surface area contributed by atoms with E-state index in [0.717, 1.165) is 34.0 Å². The van der Waals surface area contributed by atoms with Gasteiger partial charge in [0.2, 0.25) is 0 Å². The maximum absolute atomic E-state index is 12.2. The van der Waals surface area contributed by atoms with Crippen molar-refractivity contribution in [2.24, 2.45) is 0 Å². The fourth-order valence-electron chi connectivity index (χ4n) is 4.16. The van der Waals surface area contributed by atoms with Crippen molar-refractivity contribution in [1.29, 1.82) is 0 Å². The predicted molar refractivity (Wildman–Crippen MR) is 143 cm³/mol. The van der Waals surface area contributed by atoms with Crippen LogP contribution in [-0.2, 0) is 13.0 Å². The topological polar surface area (TPSA) is 164 Å². The average molecular weight is 542 g/mol. The van der Waals surface area contributed by atoms with Gasteiger partial charge in [-0.15, -0.1) is 11.8 Å². The first-order valence-electron chi connectivity index (χ1n) is 12.1. The third-order valence-electron chi connectivity index (χ3n) is 6.28. The van der Waals surface area contributed by atoms with E-state index in [4.69, 9.17) is 4.74 Å². The zero-order valence-electron chi connectivity index (χ0n) is 20.7. The number of carbonyl (C=O) groups excluding carboxylic acids is 1. The van der Waals surface area contributed by atoms with Gasteiger partial charge in [0.15, 0.2) is 5.44 Å². The highest BCUT2D eigenvalue weighted by atomic mass is 32.2. The van der Waals surface area contributed by atoms with E-state index in [1.165, 1.54) is 6.07 Å². The summed E-state index contributed by atoms with van der Waals surface area (Å²) in [7, 11) is 0. The molecule has 1 aromatic heterocycles. The summed E-state index contributed by atoms with van der Waals surface area (Å²) in [5, 5.41) is 55.3. The van der Waals surface area contributed by atoms with Crippen LogP contribution in [0.15, 0.2) is 60.9 Å². The van der Waals surface area contributed by atoms with Gasteiger partial charge >= 0.3 is 6.03 Å². The Bertz CT molecular complexity index is 1230. The van der Waals surface area contributed by atoms with Gasteiger partial charge in [0.1, 0.15) is 23.7 Å². The van der Waals surface area contributed by atoms with Crippen LogP contribution in [0.4, 0.5) is 10.5 Å². The number of aryl methyl sites for hydroxylation is 1. The zero-order valence-corrected chi connectivity index (χ0v) is 21.5. The first-order chi connectivity index (χ1) is 18.2. The van der Waals surface area contributed by atoms with Crippen molar-refractivity contribution >= 4 is 23.5 Å². The van der Waals surface area contributed by atoms with E-state index < -0.39 is 35.6 Å². The van der Waals surface area contributed by atoms with E-state index in [0.29, 0.717) is 24.4 Å². The van der Waals surface area contributed by atoms with Crippen molar-refractivity contribution in [2.75, 3.05) is 11.9 Å². The second-order valence-electron chi connectivity index (χ2n) is 9.10. The first kappa shape index (κ1) is 27.7. The second kappa shape index (κ2) is 12.5. The quantitative estimate of drug-likeness (QED) is 0.226. The number of nitrogens with one attached hydrogen (secondary N) is 2. The number of ether oxygens (including phenoxy) is 1. The lowest BCUT2D eigenvalue weighted by atomic mass is 9.98. The number of anilines is 1. The van der Waals surface area contributed by atoms with Crippen molar-refractivity contribution in [3.63, 3.8) is 0 Å². The minimum absolute atomic E-state index is 0.0207. The number of rotatable bonds is 8. The number of hydrogen-bond acceptors (Lipinski definition) is 9. The summed E-state index contributed by atoms with van der Waals surface area (Å²) in [5.41, 5.74) is 2.95. The highest BCUT2D eigenvalue weighted by molar-refractivity contribution is 8.00. The number of thioether (sulfide) groups is 1. The summed E-state index contributed by atoms with van der Waals surface area (Å²) in [5.74, 6) is 0.295. The molecule has 1 fully saturated rings. The van der Waals surface area contributed by atoms with Crippen molar-refractivity contribution in [2.45, 2.75) is 48.9 Å². The summed E-state index contributed by atoms with van der Waals surface area (Å²) in [6.07, 6.45) is -0.403. The summed E-state index contributed by atoms with van der Waals surface area (Å²) in [6, 6.07) is 13.6. The van der Waals surface area contributed by atoms with Crippen molar-refractivity contribution in [3.05, 3.63) is 83.2 Å². The lowest BCUT2D eigenvalue weighted by Gasteiger charge is -2.39. The third kappa shape index (κ3) is 6.74. The van der Waals surface area contributed by atoms with E-state index in [2.05, 4.69) is 15.6 Å². The molecule has 5 atom stereocenters. The molecular weight excluding hydrogens is 510 g/mol. The van der Waals surface area contributed by atoms with Crippen LogP contribution in [0, 0.1) is 6.92 Å². The predicted octanol–water partition coefficient (Wildman–Crippen LogP) is 1.90. The number of aromatic hydroxyl groups is 1. The van der Waals surface area contributed by atoms with Crippen LogP contribution >= 0.6 is 11.8 Å². The van der Waals surface area contributed by atoms with Gasteiger partial charge in [0, 0.05) is 42.7 Å². The highest BCUT2D eigenvalue weighted by Gasteiger charge is 2.44. The number of aliphatic hydroxyl groups excluding tert-OH is 4. The maximum Gasteiger partial charge on any atom is 0.319 e. The molecule has 1 saturated heterocycles. The Balaban J connectivity index is 1.43. The van der Waals surface area contributed by atoms with E-state index in [1.54, 1.807) is 36.7 Å². The molecule has 11 heteroatoms. The van der Waals surface area contributed by atoms with Gasteiger partial charge in [-0.2, -0.15) is 0 Å². The van der Waals surface area contributed by atoms with E-state index in [1.807, 2.05) is 25.1 Å². The molecule has 10 nitrogen and oxygen atoms in total. The van der Waals surface area contributed by atoms with Crippen LogP contribution in [0.2, 0.25) is 0 Å². The van der Waals surface area contributed by atoms with Gasteiger partial charge in [0.25, 0.3) is 0 Å². The Morgan fingerprint density at radius 1 is 1.05 bits per heavy atom. The molecule has 0 spiro atoms. The molecule has 3 aromatic rings. The van der Waals surface area contributed by atoms with Crippen molar-refractivity contribution in [3.8, 4) is 11.5 Å². The summed E-state index contributed by atoms with van der Waals surface area (Å²) < 4.78 is 6.02. The molecule has 2 aromatic carbocycles.